The van der Waals surface area contributed by atoms with Crippen LogP contribution in [-0.4, -0.2) is 42.8 Å². The lowest BCUT2D eigenvalue weighted by Gasteiger charge is -2.21. The van der Waals surface area contributed by atoms with Crippen LogP contribution in [0.4, 0.5) is 0 Å². The van der Waals surface area contributed by atoms with Gasteiger partial charge in [0.25, 0.3) is 0 Å². The van der Waals surface area contributed by atoms with E-state index in [1.165, 1.54) is 17.1 Å². The van der Waals surface area contributed by atoms with E-state index in [9.17, 15) is 0 Å². The van der Waals surface area contributed by atoms with Crippen LogP contribution in [0.1, 0.15) is 20.3 Å². The molecule has 1 saturated heterocycles. The molecule has 1 aliphatic heterocycles. The Hall–Kier alpha value is -1.16. The predicted octanol–water partition coefficient (Wildman–Crippen LogP) is 3.09. The van der Waals surface area contributed by atoms with Gasteiger partial charge < -0.3 is 10.2 Å². The first-order valence-electron chi connectivity index (χ1n) is 7.54. The number of benzene rings is 1. The molecule has 0 spiro atoms. The summed E-state index contributed by atoms with van der Waals surface area (Å²) in [5.74, 6) is 3.05. The lowest BCUT2D eigenvalue weighted by molar-refractivity contribution is 0.475. The molecule has 1 aromatic carbocycles. The Kier molecular flexibility index (Phi) is 6.25. The monoisotopic (exact) mass is 291 g/mol. The highest BCUT2D eigenvalue weighted by molar-refractivity contribution is 7.99. The fourth-order valence-corrected chi connectivity index (χ4v) is 3.52. The largest absolute Gasteiger partial charge is 0.357 e. The molecule has 110 valence electrons. The minimum Gasteiger partial charge on any atom is -0.357 e. The molecule has 0 saturated carbocycles. The Morgan fingerprint density at radius 3 is 2.85 bits per heavy atom. The van der Waals surface area contributed by atoms with Crippen molar-refractivity contribution in [3.8, 4) is 0 Å². The van der Waals surface area contributed by atoms with E-state index < -0.39 is 0 Å². The van der Waals surface area contributed by atoms with E-state index >= 15 is 0 Å². The number of guanidine groups is 1. The van der Waals surface area contributed by atoms with Gasteiger partial charge in [0.2, 0.25) is 0 Å². The third-order valence-electron chi connectivity index (χ3n) is 3.46. The fourth-order valence-electron chi connectivity index (χ4n) is 2.47. The molecule has 0 aromatic heterocycles. The molecule has 1 heterocycles. The normalized spacial score (nSPS) is 19.4. The molecule has 1 atom stereocenters. The van der Waals surface area contributed by atoms with Crippen molar-refractivity contribution in [3.05, 3.63) is 30.3 Å². The number of rotatable bonds is 5. The van der Waals surface area contributed by atoms with Crippen LogP contribution in [0, 0.1) is 5.92 Å². The third-order valence-corrected chi connectivity index (χ3v) is 4.70. The molecule has 0 radical (unpaired) electrons. The number of hydrogen-bond acceptors (Lipinski definition) is 2. The number of likely N-dealkylation sites (tertiary alicyclic amines) is 1. The summed E-state index contributed by atoms with van der Waals surface area (Å²) in [6.07, 6.45) is 1.27. The lowest BCUT2D eigenvalue weighted by Crippen LogP contribution is -2.40. The molecule has 20 heavy (non-hydrogen) atoms. The van der Waals surface area contributed by atoms with Gasteiger partial charge >= 0.3 is 0 Å². The van der Waals surface area contributed by atoms with Gasteiger partial charge in [0.1, 0.15) is 0 Å². The van der Waals surface area contributed by atoms with Crippen molar-refractivity contribution in [2.75, 3.05) is 31.9 Å². The van der Waals surface area contributed by atoms with Gasteiger partial charge in [0.15, 0.2) is 5.96 Å². The summed E-state index contributed by atoms with van der Waals surface area (Å²) >= 11 is 1.97. The molecule has 1 fully saturated rings. The van der Waals surface area contributed by atoms with Gasteiger partial charge in [-0.3, -0.25) is 4.99 Å². The summed E-state index contributed by atoms with van der Waals surface area (Å²) < 4.78 is 0. The van der Waals surface area contributed by atoms with Crippen molar-refractivity contribution in [2.24, 2.45) is 10.9 Å². The van der Waals surface area contributed by atoms with E-state index in [1.54, 1.807) is 0 Å². The van der Waals surface area contributed by atoms with E-state index in [0.29, 0.717) is 0 Å². The van der Waals surface area contributed by atoms with Crippen LogP contribution in [0.25, 0.3) is 0 Å². The SMILES string of the molecule is CCN=C(NCC)N1CCC(CSc2ccccc2)C1. The predicted molar refractivity (Wildman–Crippen MR) is 88.5 cm³/mol. The molecule has 4 heteroatoms. The second-order valence-electron chi connectivity index (χ2n) is 5.05. The zero-order valence-electron chi connectivity index (χ0n) is 12.5. The first-order valence-corrected chi connectivity index (χ1v) is 8.53. The number of nitrogens with one attached hydrogen (secondary N) is 1. The van der Waals surface area contributed by atoms with E-state index in [2.05, 4.69) is 59.4 Å². The van der Waals surface area contributed by atoms with Crippen LogP contribution < -0.4 is 5.32 Å². The quantitative estimate of drug-likeness (QED) is 0.513. The molecule has 0 bridgehead atoms. The Balaban J connectivity index is 1.81. The first-order chi connectivity index (χ1) is 9.83. The maximum atomic E-state index is 4.57. The standard InChI is InChI=1S/C16H25N3S/c1-3-17-16(18-4-2)19-11-10-14(12-19)13-20-15-8-6-5-7-9-15/h5-9,14H,3-4,10-13H2,1-2H3,(H,17,18). The first kappa shape index (κ1) is 15.2. The summed E-state index contributed by atoms with van der Waals surface area (Å²) in [5.41, 5.74) is 0. The Morgan fingerprint density at radius 1 is 1.35 bits per heavy atom. The van der Waals surface area contributed by atoms with E-state index in [0.717, 1.165) is 38.1 Å². The average molecular weight is 291 g/mol. The Labute approximate surface area is 126 Å². The molecule has 0 amide bonds. The van der Waals surface area contributed by atoms with E-state index in [1.807, 2.05) is 11.8 Å². The second kappa shape index (κ2) is 8.20. The van der Waals surface area contributed by atoms with Gasteiger partial charge in [-0.1, -0.05) is 18.2 Å². The molecule has 0 aliphatic carbocycles. The van der Waals surface area contributed by atoms with Crippen LogP contribution in [0.5, 0.6) is 0 Å². The molecule has 2 rings (SSSR count). The summed E-state index contributed by atoms with van der Waals surface area (Å²) in [7, 11) is 0. The smallest absolute Gasteiger partial charge is 0.193 e. The van der Waals surface area contributed by atoms with Crippen molar-refractivity contribution in [2.45, 2.75) is 25.2 Å². The molecular formula is C16H25N3S. The van der Waals surface area contributed by atoms with Crippen LogP contribution >= 0.6 is 11.8 Å². The zero-order valence-corrected chi connectivity index (χ0v) is 13.3. The molecule has 1 aliphatic rings. The number of nitrogens with zero attached hydrogens (tertiary/aromatic N) is 2. The minimum atomic E-state index is 0.765. The highest BCUT2D eigenvalue weighted by atomic mass is 32.2. The molecular weight excluding hydrogens is 266 g/mol. The lowest BCUT2D eigenvalue weighted by atomic mass is 10.2. The molecule has 1 N–H and O–H groups in total. The average Bonchev–Trinajstić information content (AvgIpc) is 2.95. The maximum absolute atomic E-state index is 4.57. The Morgan fingerprint density at radius 2 is 2.15 bits per heavy atom. The second-order valence-corrected chi connectivity index (χ2v) is 6.15. The third kappa shape index (κ3) is 4.44. The van der Waals surface area contributed by atoms with Crippen LogP contribution in [-0.2, 0) is 0 Å². The summed E-state index contributed by atoms with van der Waals surface area (Å²) in [5, 5.41) is 3.39. The van der Waals surface area contributed by atoms with Gasteiger partial charge in [-0.25, -0.2) is 0 Å². The molecule has 1 aromatic rings. The van der Waals surface area contributed by atoms with Crippen LogP contribution in [0.15, 0.2) is 40.2 Å². The van der Waals surface area contributed by atoms with Crippen LogP contribution in [0.2, 0.25) is 0 Å². The van der Waals surface area contributed by atoms with Crippen molar-refractivity contribution in [1.29, 1.82) is 0 Å². The van der Waals surface area contributed by atoms with Crippen LogP contribution in [0.3, 0.4) is 0 Å². The summed E-state index contributed by atoms with van der Waals surface area (Å²) in [4.78, 5) is 8.35. The van der Waals surface area contributed by atoms with Gasteiger partial charge in [-0.2, -0.15) is 0 Å². The van der Waals surface area contributed by atoms with Gasteiger partial charge in [-0.05, 0) is 38.3 Å². The van der Waals surface area contributed by atoms with Gasteiger partial charge in [0, 0.05) is 36.8 Å². The molecule has 1 unspecified atom stereocenters. The number of aliphatic imine (C=N–C) groups is 1. The number of hydrogen-bond donors (Lipinski definition) is 1. The van der Waals surface area contributed by atoms with Gasteiger partial charge in [0.05, 0.1) is 0 Å². The maximum Gasteiger partial charge on any atom is 0.193 e. The number of thioether (sulfide) groups is 1. The zero-order chi connectivity index (χ0) is 14.2. The highest BCUT2D eigenvalue weighted by Crippen LogP contribution is 2.25. The van der Waals surface area contributed by atoms with E-state index in [-0.39, 0.29) is 0 Å². The van der Waals surface area contributed by atoms with Crippen molar-refractivity contribution < 1.29 is 0 Å². The Bertz CT molecular complexity index is 419. The van der Waals surface area contributed by atoms with Crippen molar-refractivity contribution in [3.63, 3.8) is 0 Å². The summed E-state index contributed by atoms with van der Waals surface area (Å²) in [6.45, 7) is 8.28. The highest BCUT2D eigenvalue weighted by Gasteiger charge is 2.24. The van der Waals surface area contributed by atoms with Gasteiger partial charge in [-0.15, -0.1) is 11.8 Å². The summed E-state index contributed by atoms with van der Waals surface area (Å²) in [6, 6.07) is 10.7. The molecule has 3 nitrogen and oxygen atoms in total. The van der Waals surface area contributed by atoms with Crippen molar-refractivity contribution in [1.82, 2.24) is 10.2 Å². The van der Waals surface area contributed by atoms with Crippen molar-refractivity contribution >= 4 is 17.7 Å². The fraction of sp³-hybridized carbons (Fsp3) is 0.562. The minimum absolute atomic E-state index is 0.765. The topological polar surface area (TPSA) is 27.6 Å². The van der Waals surface area contributed by atoms with E-state index in [4.69, 9.17) is 0 Å².